The molecule has 1 aliphatic heterocycles. The lowest BCUT2D eigenvalue weighted by molar-refractivity contribution is -0.137. The van der Waals surface area contributed by atoms with Gasteiger partial charge in [-0.3, -0.25) is 0 Å². The Hall–Kier alpha value is -1.30. The van der Waals surface area contributed by atoms with Crippen LogP contribution in [-0.2, 0) is 6.18 Å². The topological polar surface area (TPSA) is 28.2 Å². The lowest BCUT2D eigenvalue weighted by atomic mass is 10.1. The van der Waals surface area contributed by atoms with Gasteiger partial charge in [0.1, 0.15) is 5.82 Å². The van der Waals surface area contributed by atoms with Crippen LogP contribution in [0.4, 0.5) is 19.0 Å². The minimum absolute atomic E-state index is 0.336. The first-order valence-corrected chi connectivity index (χ1v) is 6.44. The Morgan fingerprint density at radius 2 is 2.11 bits per heavy atom. The van der Waals surface area contributed by atoms with Gasteiger partial charge in [-0.05, 0) is 37.4 Å². The predicted molar refractivity (Wildman–Crippen MR) is 65.9 cm³/mol. The van der Waals surface area contributed by atoms with Gasteiger partial charge < -0.3 is 10.2 Å². The Labute approximate surface area is 109 Å². The molecule has 1 saturated heterocycles. The van der Waals surface area contributed by atoms with Gasteiger partial charge in [0.25, 0.3) is 0 Å². The van der Waals surface area contributed by atoms with E-state index < -0.39 is 11.7 Å². The zero-order chi connectivity index (χ0) is 13.6. The summed E-state index contributed by atoms with van der Waals surface area (Å²) in [5.41, 5.74) is -0.698. The fraction of sp³-hybridized carbons (Fsp3) is 0.615. The number of hydrogen-bond acceptors (Lipinski definition) is 3. The highest BCUT2D eigenvalue weighted by molar-refractivity contribution is 5.41. The molecule has 19 heavy (non-hydrogen) atoms. The van der Waals surface area contributed by atoms with E-state index in [1.807, 2.05) is 11.9 Å². The number of piperidine rings is 1. The lowest BCUT2D eigenvalue weighted by Crippen LogP contribution is -2.47. The first-order valence-electron chi connectivity index (χ1n) is 6.44. The second kappa shape index (κ2) is 4.37. The SMILES string of the molecule is CN(c1ccc(C(F)(F)F)cn1)[C@@H]1C[C@H]2CN[C@H]1C2. The van der Waals surface area contributed by atoms with Crippen LogP contribution in [0, 0.1) is 5.92 Å². The zero-order valence-electron chi connectivity index (χ0n) is 10.6. The number of rotatable bonds is 2. The van der Waals surface area contributed by atoms with E-state index >= 15 is 0 Å². The maximum absolute atomic E-state index is 12.5. The maximum Gasteiger partial charge on any atom is 0.417 e. The van der Waals surface area contributed by atoms with Gasteiger partial charge in [-0.15, -0.1) is 0 Å². The molecule has 1 aromatic rings. The van der Waals surface area contributed by atoms with Gasteiger partial charge in [0, 0.05) is 25.3 Å². The molecule has 3 atom stereocenters. The molecule has 2 aliphatic rings. The number of fused-ring (bicyclic) bond motifs is 2. The zero-order valence-corrected chi connectivity index (χ0v) is 10.6. The molecule has 6 heteroatoms. The number of likely N-dealkylation sites (N-methyl/N-ethyl adjacent to an activating group) is 1. The lowest BCUT2D eigenvalue weighted by Gasteiger charge is -2.32. The molecule has 1 N–H and O–H groups in total. The largest absolute Gasteiger partial charge is 0.417 e. The summed E-state index contributed by atoms with van der Waals surface area (Å²) in [4.78, 5) is 5.95. The summed E-state index contributed by atoms with van der Waals surface area (Å²) in [5, 5.41) is 3.44. The summed E-state index contributed by atoms with van der Waals surface area (Å²) >= 11 is 0. The minimum Gasteiger partial charge on any atom is -0.355 e. The highest BCUT2D eigenvalue weighted by atomic mass is 19.4. The monoisotopic (exact) mass is 271 g/mol. The first-order chi connectivity index (χ1) is 8.95. The molecule has 0 spiro atoms. The summed E-state index contributed by atoms with van der Waals surface area (Å²) < 4.78 is 37.4. The van der Waals surface area contributed by atoms with Crippen molar-refractivity contribution in [1.82, 2.24) is 10.3 Å². The average Bonchev–Trinajstić information content (AvgIpc) is 2.99. The van der Waals surface area contributed by atoms with E-state index in [2.05, 4.69) is 10.3 Å². The highest BCUT2D eigenvalue weighted by Gasteiger charge is 2.41. The molecule has 2 bridgehead atoms. The number of hydrogen-bond donors (Lipinski definition) is 1. The molecular weight excluding hydrogens is 255 g/mol. The van der Waals surface area contributed by atoms with Gasteiger partial charge in [0.05, 0.1) is 5.56 Å². The van der Waals surface area contributed by atoms with Crippen molar-refractivity contribution in [2.75, 3.05) is 18.5 Å². The van der Waals surface area contributed by atoms with Crippen molar-refractivity contribution in [3.8, 4) is 0 Å². The van der Waals surface area contributed by atoms with Crippen LogP contribution in [-0.4, -0.2) is 30.7 Å². The van der Waals surface area contributed by atoms with Gasteiger partial charge in [-0.1, -0.05) is 0 Å². The van der Waals surface area contributed by atoms with E-state index in [0.717, 1.165) is 31.6 Å². The van der Waals surface area contributed by atoms with Crippen molar-refractivity contribution >= 4 is 5.82 Å². The van der Waals surface area contributed by atoms with Crippen molar-refractivity contribution in [3.05, 3.63) is 23.9 Å². The van der Waals surface area contributed by atoms with Gasteiger partial charge in [-0.25, -0.2) is 4.98 Å². The van der Waals surface area contributed by atoms with Gasteiger partial charge in [-0.2, -0.15) is 13.2 Å². The van der Waals surface area contributed by atoms with E-state index in [1.54, 1.807) is 0 Å². The van der Waals surface area contributed by atoms with Crippen LogP contribution in [0.2, 0.25) is 0 Å². The normalized spacial score (nSPS) is 29.8. The fourth-order valence-electron chi connectivity index (χ4n) is 3.18. The molecule has 1 aliphatic carbocycles. The smallest absolute Gasteiger partial charge is 0.355 e. The Bertz CT molecular complexity index is 457. The van der Waals surface area contributed by atoms with Crippen molar-refractivity contribution in [1.29, 1.82) is 0 Å². The van der Waals surface area contributed by atoms with Gasteiger partial charge in [0.2, 0.25) is 0 Å². The molecule has 2 fully saturated rings. The van der Waals surface area contributed by atoms with Gasteiger partial charge >= 0.3 is 6.18 Å². The molecule has 3 nitrogen and oxygen atoms in total. The summed E-state index contributed by atoms with van der Waals surface area (Å²) in [5.74, 6) is 1.30. The number of pyridine rings is 1. The van der Waals surface area contributed by atoms with Crippen LogP contribution >= 0.6 is 0 Å². The molecular formula is C13H16F3N3. The molecule has 1 saturated carbocycles. The Morgan fingerprint density at radius 1 is 1.32 bits per heavy atom. The van der Waals surface area contributed by atoms with E-state index in [0.29, 0.717) is 23.8 Å². The second-order valence-electron chi connectivity index (χ2n) is 5.43. The number of nitrogens with zero attached hydrogens (tertiary/aromatic N) is 2. The quantitative estimate of drug-likeness (QED) is 0.894. The Morgan fingerprint density at radius 3 is 2.58 bits per heavy atom. The van der Waals surface area contributed by atoms with Crippen LogP contribution in [0.25, 0.3) is 0 Å². The predicted octanol–water partition coefficient (Wildman–Crippen LogP) is 2.29. The standard InChI is InChI=1S/C13H16F3N3/c1-19(11-5-8-4-10(11)17-6-8)12-3-2-9(7-18-12)13(14,15)16/h2-3,7-8,10-11,17H,4-6H2,1H3/t8-,10-,11+/m0/s1. The average molecular weight is 271 g/mol. The van der Waals surface area contributed by atoms with E-state index in [4.69, 9.17) is 0 Å². The van der Waals surface area contributed by atoms with Crippen LogP contribution in [0.15, 0.2) is 18.3 Å². The number of halogens is 3. The van der Waals surface area contributed by atoms with Crippen LogP contribution < -0.4 is 10.2 Å². The summed E-state index contributed by atoms with van der Waals surface area (Å²) in [6, 6.07) is 3.33. The van der Waals surface area contributed by atoms with Gasteiger partial charge in [0.15, 0.2) is 0 Å². The molecule has 3 rings (SSSR count). The van der Waals surface area contributed by atoms with E-state index in [-0.39, 0.29) is 0 Å². The molecule has 0 radical (unpaired) electrons. The van der Waals surface area contributed by atoms with Crippen molar-refractivity contribution in [2.24, 2.45) is 5.92 Å². The third-order valence-corrected chi connectivity index (χ3v) is 4.23. The minimum atomic E-state index is -4.32. The Kier molecular flexibility index (Phi) is 2.92. The number of anilines is 1. The highest BCUT2D eigenvalue weighted by Crippen LogP contribution is 2.36. The molecule has 1 aromatic heterocycles. The fourth-order valence-corrected chi connectivity index (χ4v) is 3.18. The first kappa shape index (κ1) is 12.7. The molecule has 0 amide bonds. The molecule has 104 valence electrons. The van der Waals surface area contributed by atoms with Crippen molar-refractivity contribution in [2.45, 2.75) is 31.1 Å². The molecule has 2 heterocycles. The summed E-state index contributed by atoms with van der Waals surface area (Å²) in [6.07, 6.45) is -1.16. The molecule has 0 aromatic carbocycles. The van der Waals surface area contributed by atoms with Crippen LogP contribution in [0.3, 0.4) is 0 Å². The van der Waals surface area contributed by atoms with Crippen molar-refractivity contribution < 1.29 is 13.2 Å². The number of nitrogens with one attached hydrogen (secondary N) is 1. The number of alkyl halides is 3. The van der Waals surface area contributed by atoms with Crippen LogP contribution in [0.1, 0.15) is 18.4 Å². The number of aromatic nitrogens is 1. The maximum atomic E-state index is 12.5. The Balaban J connectivity index is 1.75. The summed E-state index contributed by atoms with van der Waals surface area (Å²) in [7, 11) is 1.91. The van der Waals surface area contributed by atoms with E-state index in [9.17, 15) is 13.2 Å². The van der Waals surface area contributed by atoms with Crippen molar-refractivity contribution in [3.63, 3.8) is 0 Å². The van der Waals surface area contributed by atoms with Crippen LogP contribution in [0.5, 0.6) is 0 Å². The summed E-state index contributed by atoms with van der Waals surface area (Å²) in [6.45, 7) is 1.06. The van der Waals surface area contributed by atoms with E-state index in [1.165, 1.54) is 6.07 Å². The third-order valence-electron chi connectivity index (χ3n) is 4.23. The third kappa shape index (κ3) is 2.29. The molecule has 0 unspecified atom stereocenters. The second-order valence-corrected chi connectivity index (χ2v) is 5.43.